The fourth-order valence-corrected chi connectivity index (χ4v) is 2.60. The van der Waals surface area contributed by atoms with Crippen molar-refractivity contribution in [3.8, 4) is 0 Å². The van der Waals surface area contributed by atoms with Gasteiger partial charge in [0.2, 0.25) is 0 Å². The number of carbonyl (C=O) groups excluding carboxylic acids is 1. The highest BCUT2D eigenvalue weighted by atomic mass is 16.2. The molecule has 3 aromatic rings. The van der Waals surface area contributed by atoms with Crippen LogP contribution in [0.15, 0.2) is 100 Å². The molecule has 0 aliphatic rings. The average Bonchev–Trinajstić information content (AvgIpc) is 2.77. The minimum Gasteiger partial charge on any atom is -0.267 e. The Morgan fingerprint density at radius 3 is 2.21 bits per heavy atom. The first-order valence-electron chi connectivity index (χ1n) is 9.09. The number of amides is 1. The maximum absolute atomic E-state index is 12.4. The predicted octanol–water partition coefficient (Wildman–Crippen LogP) is 5.69. The van der Waals surface area contributed by atoms with Crippen LogP contribution >= 0.6 is 0 Å². The highest BCUT2D eigenvalue weighted by Crippen LogP contribution is 2.21. The summed E-state index contributed by atoms with van der Waals surface area (Å²) in [7, 11) is 0. The van der Waals surface area contributed by atoms with Gasteiger partial charge in [0, 0.05) is 5.56 Å². The number of nitrogens with zero attached hydrogens (tertiary/aromatic N) is 3. The quantitative estimate of drug-likeness (QED) is 0.338. The minimum atomic E-state index is -0.288. The highest BCUT2D eigenvalue weighted by Gasteiger charge is 2.07. The van der Waals surface area contributed by atoms with Crippen LogP contribution < -0.4 is 5.43 Å². The van der Waals surface area contributed by atoms with Crippen LogP contribution in [-0.4, -0.2) is 11.6 Å². The van der Waals surface area contributed by atoms with Gasteiger partial charge in [0.1, 0.15) is 0 Å². The van der Waals surface area contributed by atoms with E-state index in [-0.39, 0.29) is 11.9 Å². The molecule has 3 rings (SSSR count). The van der Waals surface area contributed by atoms with Gasteiger partial charge in [-0.2, -0.15) is 15.3 Å². The molecule has 0 aliphatic carbocycles. The van der Waals surface area contributed by atoms with Crippen LogP contribution in [0.2, 0.25) is 0 Å². The second kappa shape index (κ2) is 9.37. The Balaban J connectivity index is 1.67. The molecule has 0 bridgehead atoms. The van der Waals surface area contributed by atoms with Crippen LogP contribution in [0.5, 0.6) is 0 Å². The van der Waals surface area contributed by atoms with Gasteiger partial charge in [-0.15, -0.1) is 0 Å². The lowest BCUT2D eigenvalue weighted by Crippen LogP contribution is -2.19. The van der Waals surface area contributed by atoms with Crippen LogP contribution in [0.25, 0.3) is 0 Å². The van der Waals surface area contributed by atoms with Crippen LogP contribution in [0, 0.1) is 0 Å². The van der Waals surface area contributed by atoms with Crippen molar-refractivity contribution in [3.05, 3.63) is 102 Å². The van der Waals surface area contributed by atoms with E-state index in [1.54, 1.807) is 18.2 Å². The number of benzene rings is 3. The molecule has 0 saturated carbocycles. The summed E-state index contributed by atoms with van der Waals surface area (Å²) in [4.78, 5) is 12.4. The highest BCUT2D eigenvalue weighted by molar-refractivity contribution is 6.01. The number of azo groups is 1. The topological polar surface area (TPSA) is 66.2 Å². The smallest absolute Gasteiger partial charge is 0.267 e. The Morgan fingerprint density at radius 1 is 0.857 bits per heavy atom. The van der Waals surface area contributed by atoms with E-state index in [0.29, 0.717) is 11.3 Å². The molecule has 0 saturated heterocycles. The number of hydrazone groups is 1. The van der Waals surface area contributed by atoms with Gasteiger partial charge in [0.05, 0.1) is 17.4 Å². The van der Waals surface area contributed by atoms with Crippen molar-refractivity contribution in [3.63, 3.8) is 0 Å². The zero-order chi connectivity index (χ0) is 19.8. The third-order valence-corrected chi connectivity index (χ3v) is 4.25. The normalized spacial score (nSPS) is 12.7. The van der Waals surface area contributed by atoms with E-state index in [1.165, 1.54) is 0 Å². The lowest BCUT2D eigenvalue weighted by Gasteiger charge is -2.05. The second-order valence-corrected chi connectivity index (χ2v) is 6.36. The zero-order valence-electron chi connectivity index (χ0n) is 15.9. The Kier molecular flexibility index (Phi) is 6.41. The van der Waals surface area contributed by atoms with Gasteiger partial charge in [0.25, 0.3) is 5.91 Å². The number of rotatable bonds is 6. The Labute approximate surface area is 164 Å². The van der Waals surface area contributed by atoms with Crippen molar-refractivity contribution in [1.29, 1.82) is 0 Å². The summed E-state index contributed by atoms with van der Waals surface area (Å²) in [5, 5.41) is 12.8. The molecule has 0 spiro atoms. The first-order chi connectivity index (χ1) is 13.6. The number of hydrogen-bond donors (Lipinski definition) is 1. The first kappa shape index (κ1) is 19.2. The van der Waals surface area contributed by atoms with Crippen molar-refractivity contribution in [2.45, 2.75) is 19.9 Å². The van der Waals surface area contributed by atoms with E-state index in [0.717, 1.165) is 16.8 Å². The van der Waals surface area contributed by atoms with E-state index >= 15 is 0 Å². The molecule has 1 unspecified atom stereocenters. The summed E-state index contributed by atoms with van der Waals surface area (Å²) in [6, 6.07) is 26.6. The lowest BCUT2D eigenvalue weighted by molar-refractivity contribution is 0.0955. The van der Waals surface area contributed by atoms with E-state index in [4.69, 9.17) is 0 Å². The molecule has 5 nitrogen and oxygen atoms in total. The molecule has 0 fully saturated rings. The van der Waals surface area contributed by atoms with Gasteiger partial charge in [-0.05, 0) is 43.2 Å². The number of nitrogens with one attached hydrogen (secondary N) is 1. The number of hydrogen-bond acceptors (Lipinski definition) is 4. The van der Waals surface area contributed by atoms with Crippen molar-refractivity contribution < 1.29 is 4.79 Å². The lowest BCUT2D eigenvalue weighted by atomic mass is 10.1. The average molecular weight is 370 g/mol. The number of carbonyl (C=O) groups is 1. The fraction of sp³-hybridized carbons (Fsp3) is 0.130. The van der Waals surface area contributed by atoms with Gasteiger partial charge >= 0.3 is 0 Å². The van der Waals surface area contributed by atoms with Gasteiger partial charge in [-0.3, -0.25) is 4.79 Å². The van der Waals surface area contributed by atoms with Crippen molar-refractivity contribution in [1.82, 2.24) is 5.43 Å². The SMILES string of the molecule is C/C(=N\NC(=O)c1cccc(N=NC(C)c2ccccc2)c1)c1ccccc1. The van der Waals surface area contributed by atoms with Crippen molar-refractivity contribution in [2.24, 2.45) is 15.3 Å². The molecule has 28 heavy (non-hydrogen) atoms. The summed E-state index contributed by atoms with van der Waals surface area (Å²) in [5.41, 5.74) is 6.48. The van der Waals surface area contributed by atoms with Crippen molar-refractivity contribution >= 4 is 17.3 Å². The minimum absolute atomic E-state index is 0.0585. The summed E-state index contributed by atoms with van der Waals surface area (Å²) >= 11 is 0. The van der Waals surface area contributed by atoms with Crippen LogP contribution in [0.1, 0.15) is 41.4 Å². The standard InChI is InChI=1S/C23H22N4O/c1-17(19-10-5-3-6-11-19)24-26-22-15-9-14-21(16-22)23(28)27-25-18(2)20-12-7-4-8-13-20/h3-17H,1-2H3,(H,27,28)/b25-18+,26-24?. The summed E-state index contributed by atoms with van der Waals surface area (Å²) < 4.78 is 0. The van der Waals surface area contributed by atoms with E-state index in [1.807, 2.05) is 80.6 Å². The van der Waals surface area contributed by atoms with Gasteiger partial charge in [0.15, 0.2) is 0 Å². The maximum Gasteiger partial charge on any atom is 0.271 e. The van der Waals surface area contributed by atoms with Crippen LogP contribution in [-0.2, 0) is 0 Å². The zero-order valence-corrected chi connectivity index (χ0v) is 15.9. The summed E-state index contributed by atoms with van der Waals surface area (Å²) in [6.07, 6.45) is 0. The third-order valence-electron chi connectivity index (χ3n) is 4.25. The second-order valence-electron chi connectivity index (χ2n) is 6.36. The van der Waals surface area contributed by atoms with Crippen molar-refractivity contribution in [2.75, 3.05) is 0 Å². The Morgan fingerprint density at radius 2 is 1.50 bits per heavy atom. The molecular weight excluding hydrogens is 348 g/mol. The Bertz CT molecular complexity index is 982. The molecule has 0 radical (unpaired) electrons. The van der Waals surface area contributed by atoms with Gasteiger partial charge < -0.3 is 0 Å². The third kappa shape index (κ3) is 5.20. The first-order valence-corrected chi connectivity index (χ1v) is 9.09. The maximum atomic E-state index is 12.4. The molecule has 1 amide bonds. The van der Waals surface area contributed by atoms with Crippen LogP contribution in [0.3, 0.4) is 0 Å². The molecule has 0 aliphatic heterocycles. The molecule has 0 heterocycles. The summed E-state index contributed by atoms with van der Waals surface area (Å²) in [6.45, 7) is 3.84. The largest absolute Gasteiger partial charge is 0.271 e. The van der Waals surface area contributed by atoms with Gasteiger partial charge in [-0.25, -0.2) is 5.43 Å². The molecule has 3 aromatic carbocycles. The molecule has 0 aromatic heterocycles. The van der Waals surface area contributed by atoms with Crippen LogP contribution in [0.4, 0.5) is 5.69 Å². The predicted molar refractivity (Wildman–Crippen MR) is 112 cm³/mol. The molecule has 1 atom stereocenters. The molecular formula is C23H22N4O. The van der Waals surface area contributed by atoms with E-state index in [2.05, 4.69) is 20.8 Å². The van der Waals surface area contributed by atoms with E-state index in [9.17, 15) is 4.79 Å². The monoisotopic (exact) mass is 370 g/mol. The van der Waals surface area contributed by atoms with Gasteiger partial charge in [-0.1, -0.05) is 66.7 Å². The molecule has 1 N–H and O–H groups in total. The fourth-order valence-electron chi connectivity index (χ4n) is 2.60. The molecule has 140 valence electrons. The summed E-state index contributed by atoms with van der Waals surface area (Å²) in [5.74, 6) is -0.288. The Hall–Kier alpha value is -3.60. The molecule has 5 heteroatoms. The van der Waals surface area contributed by atoms with E-state index < -0.39 is 0 Å².